The highest BCUT2D eigenvalue weighted by Crippen LogP contribution is 2.13. The van der Waals surface area contributed by atoms with E-state index >= 15 is 0 Å². The lowest BCUT2D eigenvalue weighted by Gasteiger charge is -2.32. The second-order valence-corrected chi connectivity index (χ2v) is 4.93. The van der Waals surface area contributed by atoms with Gasteiger partial charge in [0.25, 0.3) is 0 Å². The fraction of sp³-hybridized carbons (Fsp3) is 0.500. The van der Waals surface area contributed by atoms with Gasteiger partial charge in [-0.15, -0.1) is 0 Å². The highest BCUT2D eigenvalue weighted by Gasteiger charge is 2.20. The lowest BCUT2D eigenvalue weighted by molar-refractivity contribution is -0.132. The summed E-state index contributed by atoms with van der Waals surface area (Å²) in [6.07, 6.45) is 0.452. The smallest absolute Gasteiger partial charge is 0.223 e. The van der Waals surface area contributed by atoms with E-state index < -0.39 is 11.6 Å². The summed E-state index contributed by atoms with van der Waals surface area (Å²) < 4.78 is 26.4. The first-order chi connectivity index (χ1) is 9.06. The molecule has 1 aromatic carbocycles. The van der Waals surface area contributed by atoms with Crippen LogP contribution in [0.3, 0.4) is 0 Å². The molecule has 1 atom stereocenters. The summed E-state index contributed by atoms with van der Waals surface area (Å²) in [5.74, 6) is -0.931. The van der Waals surface area contributed by atoms with Crippen LogP contribution in [0.25, 0.3) is 0 Å². The van der Waals surface area contributed by atoms with Gasteiger partial charge in [-0.25, -0.2) is 8.78 Å². The molecule has 0 saturated carbocycles. The topological polar surface area (TPSA) is 32.3 Å². The number of benzene rings is 1. The van der Waals surface area contributed by atoms with Crippen molar-refractivity contribution in [3.05, 3.63) is 35.4 Å². The number of amides is 1. The standard InChI is InChI=1S/C14H18F2N2O/c1-10-9-18(7-6-17-10)14(19)5-2-11-8-12(15)3-4-13(11)16/h3-4,8,10,17H,2,5-7,9H2,1H3/t10-/m0/s1. The van der Waals surface area contributed by atoms with Crippen molar-refractivity contribution in [2.24, 2.45) is 0 Å². The van der Waals surface area contributed by atoms with Crippen molar-refractivity contribution >= 4 is 5.91 Å². The van der Waals surface area contributed by atoms with Gasteiger partial charge >= 0.3 is 0 Å². The summed E-state index contributed by atoms with van der Waals surface area (Å²) in [5.41, 5.74) is 0.261. The average Bonchev–Trinajstić information content (AvgIpc) is 2.39. The van der Waals surface area contributed by atoms with Gasteiger partial charge in [-0.1, -0.05) is 0 Å². The molecule has 0 spiro atoms. The van der Waals surface area contributed by atoms with Crippen molar-refractivity contribution in [1.29, 1.82) is 0 Å². The van der Waals surface area contributed by atoms with E-state index in [1.807, 2.05) is 6.92 Å². The molecule has 0 unspecified atom stereocenters. The predicted octanol–water partition coefficient (Wildman–Crippen LogP) is 1.72. The zero-order valence-electron chi connectivity index (χ0n) is 11.0. The maximum Gasteiger partial charge on any atom is 0.223 e. The molecule has 0 radical (unpaired) electrons. The number of aryl methyl sites for hydroxylation is 1. The number of carbonyl (C=O) groups excluding carboxylic acids is 1. The third-order valence-electron chi connectivity index (χ3n) is 3.34. The van der Waals surface area contributed by atoms with Crippen LogP contribution in [0.2, 0.25) is 0 Å². The summed E-state index contributed by atoms with van der Waals surface area (Å²) in [4.78, 5) is 13.8. The van der Waals surface area contributed by atoms with Crippen molar-refractivity contribution in [2.45, 2.75) is 25.8 Å². The summed E-state index contributed by atoms with van der Waals surface area (Å²) in [7, 11) is 0. The van der Waals surface area contributed by atoms with Gasteiger partial charge in [-0.2, -0.15) is 0 Å². The Bertz CT molecular complexity index is 465. The van der Waals surface area contributed by atoms with E-state index in [9.17, 15) is 13.6 Å². The molecule has 2 rings (SSSR count). The van der Waals surface area contributed by atoms with E-state index in [2.05, 4.69) is 5.32 Å². The number of carbonyl (C=O) groups is 1. The van der Waals surface area contributed by atoms with Crippen molar-refractivity contribution in [3.8, 4) is 0 Å². The number of rotatable bonds is 3. The molecule has 1 amide bonds. The van der Waals surface area contributed by atoms with E-state index in [0.29, 0.717) is 13.1 Å². The second kappa shape index (κ2) is 6.10. The summed E-state index contributed by atoms with van der Waals surface area (Å²) in [6.45, 7) is 4.15. The molecule has 0 aromatic heterocycles. The van der Waals surface area contributed by atoms with Gasteiger partial charge in [0.2, 0.25) is 5.91 Å². The molecule has 1 aliphatic rings. The maximum atomic E-state index is 13.4. The van der Waals surface area contributed by atoms with Crippen LogP contribution in [-0.2, 0) is 11.2 Å². The van der Waals surface area contributed by atoms with Crippen LogP contribution < -0.4 is 5.32 Å². The van der Waals surface area contributed by atoms with Gasteiger partial charge < -0.3 is 10.2 Å². The monoisotopic (exact) mass is 268 g/mol. The Morgan fingerprint density at radius 1 is 1.47 bits per heavy atom. The molecule has 0 aliphatic carbocycles. The average molecular weight is 268 g/mol. The van der Waals surface area contributed by atoms with Crippen LogP contribution in [-0.4, -0.2) is 36.5 Å². The molecule has 1 aromatic rings. The Hall–Kier alpha value is -1.49. The first-order valence-electron chi connectivity index (χ1n) is 6.51. The van der Waals surface area contributed by atoms with Gasteiger partial charge in [-0.05, 0) is 37.1 Å². The normalized spacial score (nSPS) is 19.5. The van der Waals surface area contributed by atoms with Crippen molar-refractivity contribution in [3.63, 3.8) is 0 Å². The van der Waals surface area contributed by atoms with Gasteiger partial charge in [-0.3, -0.25) is 4.79 Å². The molecule has 19 heavy (non-hydrogen) atoms. The van der Waals surface area contributed by atoms with Crippen molar-refractivity contribution in [2.75, 3.05) is 19.6 Å². The van der Waals surface area contributed by atoms with Gasteiger partial charge in [0.15, 0.2) is 0 Å². The van der Waals surface area contributed by atoms with E-state index in [4.69, 9.17) is 0 Å². The van der Waals surface area contributed by atoms with Crippen LogP contribution >= 0.6 is 0 Å². The number of piperazine rings is 1. The number of nitrogens with zero attached hydrogens (tertiary/aromatic N) is 1. The highest BCUT2D eigenvalue weighted by atomic mass is 19.1. The van der Waals surface area contributed by atoms with Gasteiger partial charge in [0.1, 0.15) is 11.6 Å². The quantitative estimate of drug-likeness (QED) is 0.905. The summed E-state index contributed by atoms with van der Waals surface area (Å²) >= 11 is 0. The minimum absolute atomic E-state index is 0.00277. The molecule has 1 N–H and O–H groups in total. The molecular weight excluding hydrogens is 250 g/mol. The Labute approximate surface area is 111 Å². The fourth-order valence-electron chi connectivity index (χ4n) is 2.29. The second-order valence-electron chi connectivity index (χ2n) is 4.93. The lowest BCUT2D eigenvalue weighted by Crippen LogP contribution is -2.51. The zero-order chi connectivity index (χ0) is 13.8. The third kappa shape index (κ3) is 3.73. The molecule has 0 bridgehead atoms. The van der Waals surface area contributed by atoms with Gasteiger partial charge in [0, 0.05) is 32.1 Å². The predicted molar refractivity (Wildman–Crippen MR) is 68.7 cm³/mol. The van der Waals surface area contributed by atoms with E-state index in [-0.39, 0.29) is 30.4 Å². The Kier molecular flexibility index (Phi) is 4.47. The summed E-state index contributed by atoms with van der Waals surface area (Å²) in [5, 5.41) is 3.25. The van der Waals surface area contributed by atoms with Crippen molar-refractivity contribution < 1.29 is 13.6 Å². The summed E-state index contributed by atoms with van der Waals surface area (Å²) in [6, 6.07) is 3.62. The Balaban J connectivity index is 1.91. The Morgan fingerprint density at radius 3 is 3.00 bits per heavy atom. The first kappa shape index (κ1) is 13.9. The number of nitrogens with one attached hydrogen (secondary N) is 1. The molecule has 1 heterocycles. The zero-order valence-corrected chi connectivity index (χ0v) is 11.0. The van der Waals surface area contributed by atoms with Crippen LogP contribution in [0.15, 0.2) is 18.2 Å². The SMILES string of the molecule is C[C@H]1CN(C(=O)CCc2cc(F)ccc2F)CCN1. The van der Waals surface area contributed by atoms with Gasteiger partial charge in [0.05, 0.1) is 0 Å². The minimum Gasteiger partial charge on any atom is -0.340 e. The molecule has 104 valence electrons. The highest BCUT2D eigenvalue weighted by molar-refractivity contribution is 5.76. The molecule has 5 heteroatoms. The lowest BCUT2D eigenvalue weighted by atomic mass is 10.1. The van der Waals surface area contributed by atoms with Crippen LogP contribution in [0.4, 0.5) is 8.78 Å². The number of hydrogen-bond donors (Lipinski definition) is 1. The minimum atomic E-state index is -0.473. The van der Waals surface area contributed by atoms with E-state index in [1.54, 1.807) is 4.90 Å². The largest absolute Gasteiger partial charge is 0.340 e. The number of hydrogen-bond acceptors (Lipinski definition) is 2. The number of halogens is 2. The molecule has 1 aliphatic heterocycles. The van der Waals surface area contributed by atoms with Crippen molar-refractivity contribution in [1.82, 2.24) is 10.2 Å². The van der Waals surface area contributed by atoms with E-state index in [0.717, 1.165) is 24.7 Å². The van der Waals surface area contributed by atoms with Crippen LogP contribution in [0.5, 0.6) is 0 Å². The fourth-order valence-corrected chi connectivity index (χ4v) is 2.29. The molecular formula is C14H18F2N2O. The first-order valence-corrected chi connectivity index (χ1v) is 6.51. The molecule has 1 saturated heterocycles. The third-order valence-corrected chi connectivity index (χ3v) is 3.34. The Morgan fingerprint density at radius 2 is 2.26 bits per heavy atom. The maximum absolute atomic E-state index is 13.4. The molecule has 1 fully saturated rings. The molecule has 3 nitrogen and oxygen atoms in total. The van der Waals surface area contributed by atoms with E-state index in [1.165, 1.54) is 0 Å². The van der Waals surface area contributed by atoms with Crippen LogP contribution in [0.1, 0.15) is 18.9 Å². The van der Waals surface area contributed by atoms with Crippen LogP contribution in [0, 0.1) is 11.6 Å².